The van der Waals surface area contributed by atoms with Crippen molar-refractivity contribution < 1.29 is 19.5 Å². The summed E-state index contributed by atoms with van der Waals surface area (Å²) in [5.41, 5.74) is 0. The molecule has 0 spiro atoms. The van der Waals surface area contributed by atoms with Gasteiger partial charge in [0.05, 0.1) is 11.8 Å². The van der Waals surface area contributed by atoms with E-state index in [-0.39, 0.29) is 17.7 Å². The first-order chi connectivity index (χ1) is 8.99. The van der Waals surface area contributed by atoms with Crippen LogP contribution in [0.5, 0.6) is 0 Å². The number of carboxylic acid groups (broad SMARTS) is 1. The molecule has 6 nitrogen and oxygen atoms in total. The van der Waals surface area contributed by atoms with Crippen molar-refractivity contribution in [3.63, 3.8) is 0 Å². The second-order valence-corrected chi connectivity index (χ2v) is 5.55. The summed E-state index contributed by atoms with van der Waals surface area (Å²) < 4.78 is 0. The van der Waals surface area contributed by atoms with E-state index < -0.39 is 17.8 Å². The van der Waals surface area contributed by atoms with E-state index in [1.807, 2.05) is 6.92 Å². The average Bonchev–Trinajstić information content (AvgIpc) is 2.61. The molecule has 0 bridgehead atoms. The van der Waals surface area contributed by atoms with E-state index in [2.05, 4.69) is 5.32 Å². The molecule has 0 aromatic heterocycles. The van der Waals surface area contributed by atoms with E-state index in [0.717, 1.165) is 0 Å². The molecule has 2 N–H and O–H groups in total. The van der Waals surface area contributed by atoms with Gasteiger partial charge in [-0.3, -0.25) is 14.4 Å². The molecule has 106 valence electrons. The van der Waals surface area contributed by atoms with Crippen LogP contribution < -0.4 is 5.32 Å². The van der Waals surface area contributed by atoms with Crippen molar-refractivity contribution in [2.75, 3.05) is 19.6 Å². The zero-order chi connectivity index (χ0) is 14.0. The van der Waals surface area contributed by atoms with Crippen molar-refractivity contribution in [1.29, 1.82) is 0 Å². The molecule has 19 heavy (non-hydrogen) atoms. The SMILES string of the molecule is CC1CC(C(=O)O)C(C(=O)N2CCNC(=O)CC2)C1. The number of carboxylic acids is 1. The van der Waals surface area contributed by atoms with Crippen molar-refractivity contribution in [1.82, 2.24) is 10.2 Å². The molecule has 1 heterocycles. The third-order valence-electron chi connectivity index (χ3n) is 4.06. The monoisotopic (exact) mass is 268 g/mol. The zero-order valence-electron chi connectivity index (χ0n) is 11.1. The number of rotatable bonds is 2. The molecule has 1 aliphatic heterocycles. The van der Waals surface area contributed by atoms with Crippen LogP contribution in [0.1, 0.15) is 26.2 Å². The van der Waals surface area contributed by atoms with Gasteiger partial charge in [0.2, 0.25) is 11.8 Å². The quantitative estimate of drug-likeness (QED) is 0.742. The van der Waals surface area contributed by atoms with E-state index in [9.17, 15) is 19.5 Å². The highest BCUT2D eigenvalue weighted by molar-refractivity contribution is 5.86. The Morgan fingerprint density at radius 3 is 2.63 bits per heavy atom. The minimum absolute atomic E-state index is 0.0510. The number of aliphatic carboxylic acids is 1. The first kappa shape index (κ1) is 13.8. The molecule has 2 amide bonds. The van der Waals surface area contributed by atoms with Crippen molar-refractivity contribution in [3.8, 4) is 0 Å². The van der Waals surface area contributed by atoms with Gasteiger partial charge in [-0.1, -0.05) is 6.92 Å². The smallest absolute Gasteiger partial charge is 0.307 e. The molecule has 0 aromatic carbocycles. The molecule has 3 unspecified atom stereocenters. The number of carbonyl (C=O) groups is 3. The zero-order valence-corrected chi connectivity index (χ0v) is 11.1. The van der Waals surface area contributed by atoms with Crippen LogP contribution in [0.2, 0.25) is 0 Å². The maximum Gasteiger partial charge on any atom is 0.307 e. The molecule has 1 aliphatic carbocycles. The minimum Gasteiger partial charge on any atom is -0.481 e. The molecule has 2 rings (SSSR count). The van der Waals surface area contributed by atoms with Crippen molar-refractivity contribution in [3.05, 3.63) is 0 Å². The Labute approximate surface area is 112 Å². The van der Waals surface area contributed by atoms with Crippen LogP contribution in [0, 0.1) is 17.8 Å². The number of nitrogens with zero attached hydrogens (tertiary/aromatic N) is 1. The Bertz CT molecular complexity index is 396. The predicted octanol–water partition coefficient (Wildman–Crippen LogP) is 0.0818. The van der Waals surface area contributed by atoms with Gasteiger partial charge in [-0.05, 0) is 18.8 Å². The largest absolute Gasteiger partial charge is 0.481 e. The second kappa shape index (κ2) is 5.59. The maximum atomic E-state index is 12.4. The van der Waals surface area contributed by atoms with E-state index in [1.54, 1.807) is 4.90 Å². The summed E-state index contributed by atoms with van der Waals surface area (Å²) in [4.78, 5) is 36.6. The fourth-order valence-corrected chi connectivity index (χ4v) is 3.06. The normalized spacial score (nSPS) is 31.7. The van der Waals surface area contributed by atoms with Gasteiger partial charge in [0, 0.05) is 26.1 Å². The van der Waals surface area contributed by atoms with E-state index in [0.29, 0.717) is 38.9 Å². The summed E-state index contributed by atoms with van der Waals surface area (Å²) in [5.74, 6) is -1.78. The van der Waals surface area contributed by atoms with Crippen molar-refractivity contribution >= 4 is 17.8 Å². The predicted molar refractivity (Wildman–Crippen MR) is 67.2 cm³/mol. The third kappa shape index (κ3) is 3.05. The molecule has 0 radical (unpaired) electrons. The molecule has 6 heteroatoms. The van der Waals surface area contributed by atoms with Gasteiger partial charge in [0.15, 0.2) is 0 Å². The number of hydrogen-bond acceptors (Lipinski definition) is 3. The molecule has 1 saturated carbocycles. The number of nitrogens with one attached hydrogen (secondary N) is 1. The van der Waals surface area contributed by atoms with Gasteiger partial charge in [0.1, 0.15) is 0 Å². The van der Waals surface area contributed by atoms with Crippen molar-refractivity contribution in [2.24, 2.45) is 17.8 Å². The minimum atomic E-state index is -0.883. The van der Waals surface area contributed by atoms with Crippen LogP contribution in [-0.2, 0) is 14.4 Å². The summed E-state index contributed by atoms with van der Waals surface area (Å²) >= 11 is 0. The van der Waals surface area contributed by atoms with Gasteiger partial charge in [-0.2, -0.15) is 0 Å². The molecule has 0 aromatic rings. The first-order valence-electron chi connectivity index (χ1n) is 6.77. The topological polar surface area (TPSA) is 86.7 Å². The average molecular weight is 268 g/mol. The fourth-order valence-electron chi connectivity index (χ4n) is 3.06. The Balaban J connectivity index is 2.05. The van der Waals surface area contributed by atoms with Gasteiger partial charge in [0.25, 0.3) is 0 Å². The van der Waals surface area contributed by atoms with Crippen LogP contribution in [0.3, 0.4) is 0 Å². The van der Waals surface area contributed by atoms with Crippen LogP contribution in [0.25, 0.3) is 0 Å². The Kier molecular flexibility index (Phi) is 4.07. The standard InChI is InChI=1S/C13H20N2O4/c1-8-6-9(10(7-8)13(18)19)12(17)15-4-2-11(16)14-3-5-15/h8-10H,2-7H2,1H3,(H,14,16)(H,18,19). The summed E-state index contributed by atoms with van der Waals surface area (Å²) in [6.07, 6.45) is 1.50. The van der Waals surface area contributed by atoms with E-state index >= 15 is 0 Å². The molecular weight excluding hydrogens is 248 g/mol. The lowest BCUT2D eigenvalue weighted by Crippen LogP contribution is -2.41. The Hall–Kier alpha value is -1.59. The lowest BCUT2D eigenvalue weighted by molar-refractivity contribution is -0.149. The maximum absolute atomic E-state index is 12.4. The first-order valence-corrected chi connectivity index (χ1v) is 6.77. The number of carbonyl (C=O) groups excluding carboxylic acids is 2. The van der Waals surface area contributed by atoms with Gasteiger partial charge < -0.3 is 15.3 Å². The Morgan fingerprint density at radius 1 is 1.26 bits per heavy atom. The molecule has 2 fully saturated rings. The highest BCUT2D eigenvalue weighted by atomic mass is 16.4. The van der Waals surface area contributed by atoms with E-state index in [4.69, 9.17) is 0 Å². The molecular formula is C13H20N2O4. The second-order valence-electron chi connectivity index (χ2n) is 5.55. The van der Waals surface area contributed by atoms with E-state index in [1.165, 1.54) is 0 Å². The van der Waals surface area contributed by atoms with Crippen LogP contribution in [0.15, 0.2) is 0 Å². The number of hydrogen-bond donors (Lipinski definition) is 2. The van der Waals surface area contributed by atoms with Crippen LogP contribution in [0.4, 0.5) is 0 Å². The Morgan fingerprint density at radius 2 is 1.95 bits per heavy atom. The van der Waals surface area contributed by atoms with Gasteiger partial charge in [-0.25, -0.2) is 0 Å². The van der Waals surface area contributed by atoms with Crippen molar-refractivity contribution in [2.45, 2.75) is 26.2 Å². The number of amides is 2. The molecule has 1 saturated heterocycles. The third-order valence-corrected chi connectivity index (χ3v) is 4.06. The van der Waals surface area contributed by atoms with Crippen LogP contribution in [-0.4, -0.2) is 47.4 Å². The lowest BCUT2D eigenvalue weighted by atomic mass is 9.94. The van der Waals surface area contributed by atoms with Gasteiger partial charge >= 0.3 is 5.97 Å². The van der Waals surface area contributed by atoms with Crippen LogP contribution >= 0.6 is 0 Å². The fraction of sp³-hybridized carbons (Fsp3) is 0.769. The molecule has 2 aliphatic rings. The summed E-state index contributed by atoms with van der Waals surface area (Å²) in [7, 11) is 0. The van der Waals surface area contributed by atoms with Gasteiger partial charge in [-0.15, -0.1) is 0 Å². The highest BCUT2D eigenvalue weighted by Gasteiger charge is 2.42. The summed E-state index contributed by atoms with van der Waals surface area (Å²) in [5, 5.41) is 11.9. The summed E-state index contributed by atoms with van der Waals surface area (Å²) in [6, 6.07) is 0. The lowest BCUT2D eigenvalue weighted by Gasteiger charge is -2.25. The molecule has 3 atom stereocenters. The highest BCUT2D eigenvalue weighted by Crippen LogP contribution is 2.37. The summed E-state index contributed by atoms with van der Waals surface area (Å²) in [6.45, 7) is 3.30.